The first-order chi connectivity index (χ1) is 6.40. The summed E-state index contributed by atoms with van der Waals surface area (Å²) in [5, 5.41) is 6.46. The number of hydrogen-bond donors (Lipinski definition) is 1. The summed E-state index contributed by atoms with van der Waals surface area (Å²) < 4.78 is 5.24. The van der Waals surface area contributed by atoms with Crippen LogP contribution in [-0.4, -0.2) is 21.8 Å². The smallest absolute Gasteiger partial charge is 0.313 e. The molecule has 0 aromatic carbocycles. The predicted molar refractivity (Wildman–Crippen MR) is 52.8 cm³/mol. The van der Waals surface area contributed by atoms with Crippen molar-refractivity contribution in [2.45, 2.75) is 39.2 Å². The highest BCUT2D eigenvalue weighted by Crippen LogP contribution is 2.18. The lowest BCUT2D eigenvalue weighted by molar-refractivity contribution is -0.156. The summed E-state index contributed by atoms with van der Waals surface area (Å²) in [4.78, 5) is 11.6. The fourth-order valence-electron chi connectivity index (χ4n) is 1.02. The highest BCUT2D eigenvalue weighted by atomic mass is 16.6. The number of aromatic nitrogens is 2. The van der Waals surface area contributed by atoms with Gasteiger partial charge in [-0.05, 0) is 27.7 Å². The number of ether oxygens (including phenoxy) is 1. The second-order valence-electron chi connectivity index (χ2n) is 4.29. The molecular formula is C10H16N2O2. The summed E-state index contributed by atoms with van der Waals surface area (Å²) in [6.45, 7) is 7.37. The van der Waals surface area contributed by atoms with Crippen molar-refractivity contribution in [2.24, 2.45) is 0 Å². The fraction of sp³-hybridized carbons (Fsp3) is 0.600. The molecule has 0 aliphatic carbocycles. The van der Waals surface area contributed by atoms with Crippen LogP contribution in [0.2, 0.25) is 0 Å². The zero-order valence-corrected chi connectivity index (χ0v) is 9.00. The van der Waals surface area contributed by atoms with Crippen molar-refractivity contribution < 1.29 is 9.53 Å². The molecule has 1 atom stereocenters. The van der Waals surface area contributed by atoms with Gasteiger partial charge in [0.2, 0.25) is 0 Å². The molecule has 78 valence electrons. The Morgan fingerprint density at radius 2 is 2.21 bits per heavy atom. The minimum absolute atomic E-state index is 0.223. The van der Waals surface area contributed by atoms with Gasteiger partial charge in [0, 0.05) is 11.8 Å². The molecule has 0 aliphatic heterocycles. The molecule has 1 N–H and O–H groups in total. The quantitative estimate of drug-likeness (QED) is 0.734. The number of esters is 1. The van der Waals surface area contributed by atoms with Crippen LogP contribution >= 0.6 is 0 Å². The summed E-state index contributed by atoms with van der Waals surface area (Å²) in [6.07, 6.45) is 3.34. The van der Waals surface area contributed by atoms with Crippen LogP contribution in [0.25, 0.3) is 0 Å². The molecule has 0 saturated heterocycles. The lowest BCUT2D eigenvalue weighted by Gasteiger charge is -2.21. The minimum Gasteiger partial charge on any atom is -0.460 e. The number of carbonyl (C=O) groups is 1. The predicted octanol–water partition coefficient (Wildman–Crippen LogP) is 1.85. The Labute approximate surface area is 83.7 Å². The van der Waals surface area contributed by atoms with Crippen molar-refractivity contribution in [1.82, 2.24) is 10.2 Å². The van der Waals surface area contributed by atoms with E-state index in [9.17, 15) is 4.79 Å². The highest BCUT2D eigenvalue weighted by Gasteiger charge is 2.23. The molecule has 1 unspecified atom stereocenters. The zero-order chi connectivity index (χ0) is 10.8. The van der Waals surface area contributed by atoms with Crippen LogP contribution in [0.4, 0.5) is 0 Å². The van der Waals surface area contributed by atoms with Gasteiger partial charge in [-0.15, -0.1) is 0 Å². The Balaban J connectivity index is 2.63. The second kappa shape index (κ2) is 3.82. The number of H-pyrrole nitrogens is 1. The van der Waals surface area contributed by atoms with Crippen molar-refractivity contribution in [3.05, 3.63) is 18.0 Å². The maximum absolute atomic E-state index is 11.6. The topological polar surface area (TPSA) is 55.0 Å². The van der Waals surface area contributed by atoms with Crippen molar-refractivity contribution in [1.29, 1.82) is 0 Å². The van der Waals surface area contributed by atoms with Gasteiger partial charge < -0.3 is 4.74 Å². The lowest BCUT2D eigenvalue weighted by Crippen LogP contribution is -2.26. The van der Waals surface area contributed by atoms with Crippen LogP contribution < -0.4 is 0 Å². The molecule has 0 saturated carbocycles. The first-order valence-electron chi connectivity index (χ1n) is 4.61. The molecule has 0 aliphatic rings. The van der Waals surface area contributed by atoms with Crippen molar-refractivity contribution in [3.63, 3.8) is 0 Å². The van der Waals surface area contributed by atoms with Gasteiger partial charge in [-0.3, -0.25) is 9.89 Å². The minimum atomic E-state index is -0.435. The Hall–Kier alpha value is -1.32. The number of carbonyl (C=O) groups excluding carboxylic acids is 1. The molecule has 1 aromatic heterocycles. The van der Waals surface area contributed by atoms with E-state index in [2.05, 4.69) is 10.2 Å². The summed E-state index contributed by atoms with van der Waals surface area (Å²) in [6, 6.07) is 0. The Morgan fingerprint density at radius 1 is 1.57 bits per heavy atom. The third-order valence-electron chi connectivity index (χ3n) is 1.78. The summed E-state index contributed by atoms with van der Waals surface area (Å²) in [5.41, 5.74) is 0.411. The first kappa shape index (κ1) is 10.8. The molecule has 0 amide bonds. The largest absolute Gasteiger partial charge is 0.460 e. The summed E-state index contributed by atoms with van der Waals surface area (Å²) >= 11 is 0. The van der Waals surface area contributed by atoms with Crippen LogP contribution in [-0.2, 0) is 9.53 Å². The van der Waals surface area contributed by atoms with E-state index in [0.29, 0.717) is 0 Å². The monoisotopic (exact) mass is 196 g/mol. The number of rotatable bonds is 2. The maximum atomic E-state index is 11.6. The van der Waals surface area contributed by atoms with E-state index in [4.69, 9.17) is 4.74 Å². The van der Waals surface area contributed by atoms with Crippen molar-refractivity contribution in [3.8, 4) is 0 Å². The van der Waals surface area contributed by atoms with Gasteiger partial charge in [0.1, 0.15) is 5.60 Å². The number of nitrogens with one attached hydrogen (secondary N) is 1. The molecule has 1 rings (SSSR count). The van der Waals surface area contributed by atoms with Crippen molar-refractivity contribution >= 4 is 5.97 Å². The van der Waals surface area contributed by atoms with Gasteiger partial charge >= 0.3 is 5.97 Å². The Kier molecular flexibility index (Phi) is 2.93. The normalized spacial score (nSPS) is 13.7. The molecule has 1 aromatic rings. The van der Waals surface area contributed by atoms with Gasteiger partial charge in [0.15, 0.2) is 0 Å². The standard InChI is InChI=1S/C10H16N2O2/c1-7(8-5-11-12-6-8)9(13)14-10(2,3)4/h5-7H,1-4H3,(H,11,12). The highest BCUT2D eigenvalue weighted by molar-refractivity contribution is 5.77. The third-order valence-corrected chi connectivity index (χ3v) is 1.78. The van der Waals surface area contributed by atoms with E-state index >= 15 is 0 Å². The zero-order valence-electron chi connectivity index (χ0n) is 9.00. The van der Waals surface area contributed by atoms with E-state index in [-0.39, 0.29) is 11.9 Å². The molecule has 4 heteroatoms. The van der Waals surface area contributed by atoms with Gasteiger partial charge in [0.05, 0.1) is 12.1 Å². The van der Waals surface area contributed by atoms with E-state index in [1.807, 2.05) is 20.8 Å². The number of hydrogen-bond acceptors (Lipinski definition) is 3. The Morgan fingerprint density at radius 3 is 2.64 bits per heavy atom. The molecule has 1 heterocycles. The van der Waals surface area contributed by atoms with Crippen LogP contribution in [0.3, 0.4) is 0 Å². The van der Waals surface area contributed by atoms with Crippen LogP contribution in [0, 0.1) is 0 Å². The van der Waals surface area contributed by atoms with Crippen LogP contribution in [0.1, 0.15) is 39.2 Å². The van der Waals surface area contributed by atoms with E-state index < -0.39 is 5.60 Å². The van der Waals surface area contributed by atoms with E-state index in [0.717, 1.165) is 5.56 Å². The van der Waals surface area contributed by atoms with Crippen LogP contribution in [0.5, 0.6) is 0 Å². The van der Waals surface area contributed by atoms with E-state index in [1.54, 1.807) is 19.3 Å². The van der Waals surface area contributed by atoms with Crippen LogP contribution in [0.15, 0.2) is 12.4 Å². The second-order valence-corrected chi connectivity index (χ2v) is 4.29. The summed E-state index contributed by atoms with van der Waals surface area (Å²) in [7, 11) is 0. The molecule has 0 spiro atoms. The maximum Gasteiger partial charge on any atom is 0.313 e. The van der Waals surface area contributed by atoms with Gasteiger partial charge in [-0.1, -0.05) is 0 Å². The average Bonchev–Trinajstić information content (AvgIpc) is 2.51. The molecule has 0 fully saturated rings. The van der Waals surface area contributed by atoms with Crippen molar-refractivity contribution in [2.75, 3.05) is 0 Å². The van der Waals surface area contributed by atoms with Gasteiger partial charge in [-0.2, -0.15) is 5.10 Å². The fourth-order valence-corrected chi connectivity index (χ4v) is 1.02. The first-order valence-corrected chi connectivity index (χ1v) is 4.61. The molecular weight excluding hydrogens is 180 g/mol. The van der Waals surface area contributed by atoms with Gasteiger partial charge in [0.25, 0.3) is 0 Å². The SMILES string of the molecule is CC(C(=O)OC(C)(C)C)c1cn[nH]c1. The average molecular weight is 196 g/mol. The summed E-state index contributed by atoms with van der Waals surface area (Å²) in [5.74, 6) is -0.494. The van der Waals surface area contributed by atoms with Gasteiger partial charge in [-0.25, -0.2) is 0 Å². The number of aromatic amines is 1. The molecule has 0 radical (unpaired) electrons. The lowest BCUT2D eigenvalue weighted by atomic mass is 10.1. The van der Waals surface area contributed by atoms with E-state index in [1.165, 1.54) is 0 Å². The number of nitrogens with zero attached hydrogens (tertiary/aromatic N) is 1. The molecule has 0 bridgehead atoms. The third kappa shape index (κ3) is 2.87. The Bertz CT molecular complexity index is 298. The molecule has 4 nitrogen and oxygen atoms in total. The molecule has 14 heavy (non-hydrogen) atoms.